The predicted octanol–water partition coefficient (Wildman–Crippen LogP) is 2.46. The van der Waals surface area contributed by atoms with E-state index in [0.29, 0.717) is 6.54 Å². The van der Waals surface area contributed by atoms with E-state index in [2.05, 4.69) is 4.99 Å². The zero-order chi connectivity index (χ0) is 16.9. The first-order valence-electron chi connectivity index (χ1n) is 7.48. The average molecular weight is 323 g/mol. The number of aliphatic hydroxyl groups is 1. The molecule has 2 aliphatic heterocycles. The van der Waals surface area contributed by atoms with Gasteiger partial charge in [-0.15, -0.1) is 0 Å². The van der Waals surface area contributed by atoms with Crippen LogP contribution in [0.2, 0.25) is 0 Å². The number of carbonyl (C=O) groups is 1. The van der Waals surface area contributed by atoms with Gasteiger partial charge in [0.25, 0.3) is 5.69 Å². The number of amidine groups is 1. The molecular weight excluding hydrogens is 310 g/mol. The number of aliphatic imine (C=N–C) groups is 1. The second-order valence-electron chi connectivity index (χ2n) is 5.82. The van der Waals surface area contributed by atoms with Crippen LogP contribution in [0.5, 0.6) is 0 Å². The quantitative estimate of drug-likeness (QED) is 0.676. The molecule has 0 aromatic heterocycles. The highest BCUT2D eigenvalue weighted by atomic mass is 16.6. The molecule has 0 amide bonds. The van der Waals surface area contributed by atoms with Crippen LogP contribution in [0.1, 0.15) is 16.8 Å². The van der Waals surface area contributed by atoms with Gasteiger partial charge in [0.1, 0.15) is 5.84 Å². The van der Waals surface area contributed by atoms with Crippen molar-refractivity contribution in [3.63, 3.8) is 0 Å². The fourth-order valence-electron chi connectivity index (χ4n) is 3.20. The molecule has 1 saturated heterocycles. The number of rotatable bonds is 2. The lowest BCUT2D eigenvalue weighted by Crippen LogP contribution is -2.48. The van der Waals surface area contributed by atoms with Crippen LogP contribution in [0.4, 0.5) is 17.1 Å². The van der Waals surface area contributed by atoms with Gasteiger partial charge >= 0.3 is 0 Å². The summed E-state index contributed by atoms with van der Waals surface area (Å²) in [5.41, 5.74) is -0.577. The molecule has 0 unspecified atom stereocenters. The third-order valence-corrected chi connectivity index (χ3v) is 4.43. The van der Waals surface area contributed by atoms with Crippen LogP contribution in [-0.4, -0.2) is 33.8 Å². The molecule has 2 aliphatic rings. The second-order valence-corrected chi connectivity index (χ2v) is 5.82. The molecule has 0 radical (unpaired) electrons. The summed E-state index contributed by atoms with van der Waals surface area (Å²) in [5.74, 6) is -0.234. The Morgan fingerprint density at radius 1 is 1.21 bits per heavy atom. The topological polar surface area (TPSA) is 96.0 Å². The fourth-order valence-corrected chi connectivity index (χ4v) is 3.20. The number of nitrogens with zero attached hydrogens (tertiary/aromatic N) is 3. The van der Waals surface area contributed by atoms with Crippen molar-refractivity contribution in [2.45, 2.75) is 12.0 Å². The molecule has 0 aliphatic carbocycles. The molecule has 7 heteroatoms. The van der Waals surface area contributed by atoms with Crippen molar-refractivity contribution in [3.8, 4) is 0 Å². The third-order valence-electron chi connectivity index (χ3n) is 4.43. The molecular formula is C17H13N3O4. The van der Waals surface area contributed by atoms with Gasteiger partial charge in [0.15, 0.2) is 5.60 Å². The number of Topliss-reactive ketones (excluding diaryl/α,β-unsaturated/α-hetero) is 1. The highest BCUT2D eigenvalue weighted by molar-refractivity contribution is 6.28. The van der Waals surface area contributed by atoms with Gasteiger partial charge in [0, 0.05) is 36.3 Å². The number of hydrogen-bond acceptors (Lipinski definition) is 6. The van der Waals surface area contributed by atoms with E-state index in [0.717, 1.165) is 5.69 Å². The zero-order valence-electron chi connectivity index (χ0n) is 12.5. The first-order chi connectivity index (χ1) is 11.5. The molecule has 2 aromatic rings. The minimum atomic E-state index is -1.68. The average Bonchev–Trinajstić information content (AvgIpc) is 2.93. The van der Waals surface area contributed by atoms with Crippen molar-refractivity contribution in [2.75, 3.05) is 11.4 Å². The summed E-state index contributed by atoms with van der Waals surface area (Å²) < 4.78 is 0. The highest BCUT2D eigenvalue weighted by Crippen LogP contribution is 2.40. The molecule has 0 saturated carbocycles. The molecule has 2 aromatic carbocycles. The van der Waals surface area contributed by atoms with Gasteiger partial charge in [-0.2, -0.15) is 0 Å². The molecule has 120 valence electrons. The standard InChI is InChI=1S/C17H13N3O4/c21-15-13-7-6-12(20(23)24)10-14(13)18-16-17(15,22)8-9-19(16)11-4-2-1-3-5-11/h1-7,10,22H,8-9H2/t17-/m0/s1. The molecule has 2 heterocycles. The van der Waals surface area contributed by atoms with E-state index < -0.39 is 16.3 Å². The van der Waals surface area contributed by atoms with E-state index in [9.17, 15) is 20.0 Å². The van der Waals surface area contributed by atoms with Crippen molar-refractivity contribution >= 4 is 28.7 Å². The third kappa shape index (κ3) is 1.95. The molecule has 1 fully saturated rings. The largest absolute Gasteiger partial charge is 0.374 e. The van der Waals surface area contributed by atoms with Crippen molar-refractivity contribution < 1.29 is 14.8 Å². The summed E-state index contributed by atoms with van der Waals surface area (Å²) in [6.45, 7) is 0.446. The lowest BCUT2D eigenvalue weighted by atomic mass is 9.87. The number of anilines is 1. The molecule has 4 rings (SSSR count). The van der Waals surface area contributed by atoms with Crippen LogP contribution in [0.3, 0.4) is 0 Å². The van der Waals surface area contributed by atoms with Gasteiger partial charge < -0.3 is 10.0 Å². The molecule has 0 bridgehead atoms. The van der Waals surface area contributed by atoms with Crippen molar-refractivity contribution in [2.24, 2.45) is 4.99 Å². The van der Waals surface area contributed by atoms with Crippen LogP contribution < -0.4 is 4.90 Å². The van der Waals surface area contributed by atoms with Crippen LogP contribution in [-0.2, 0) is 0 Å². The number of hydrogen-bond donors (Lipinski definition) is 1. The number of nitro benzene ring substituents is 1. The SMILES string of the molecule is O=C1c2ccc([N+](=O)[O-])cc2N=C2N(c3ccccc3)CC[C@]12O. The molecule has 1 N–H and O–H groups in total. The number of nitro groups is 1. The number of non-ortho nitro benzene ring substituents is 1. The van der Waals surface area contributed by atoms with Crippen LogP contribution >= 0.6 is 0 Å². The Bertz CT molecular complexity index is 894. The Labute approximate surface area is 137 Å². The van der Waals surface area contributed by atoms with E-state index in [1.165, 1.54) is 18.2 Å². The van der Waals surface area contributed by atoms with Crippen LogP contribution in [0, 0.1) is 10.1 Å². The van der Waals surface area contributed by atoms with E-state index >= 15 is 0 Å². The normalized spacial score (nSPS) is 22.0. The van der Waals surface area contributed by atoms with Gasteiger partial charge in [-0.3, -0.25) is 14.9 Å². The maximum atomic E-state index is 12.8. The summed E-state index contributed by atoms with van der Waals surface area (Å²) in [4.78, 5) is 29.4. The first kappa shape index (κ1) is 14.5. The minimum absolute atomic E-state index is 0.138. The van der Waals surface area contributed by atoms with E-state index in [1.54, 1.807) is 4.90 Å². The molecule has 0 spiro atoms. The smallest absolute Gasteiger partial charge is 0.271 e. The summed E-state index contributed by atoms with van der Waals surface area (Å²) >= 11 is 0. The van der Waals surface area contributed by atoms with E-state index in [-0.39, 0.29) is 29.2 Å². The summed E-state index contributed by atoms with van der Waals surface area (Å²) in [6.07, 6.45) is 0.232. The maximum Gasteiger partial charge on any atom is 0.271 e. The Morgan fingerprint density at radius 3 is 2.67 bits per heavy atom. The maximum absolute atomic E-state index is 12.8. The zero-order valence-corrected chi connectivity index (χ0v) is 12.5. The second kappa shape index (κ2) is 4.97. The molecule has 24 heavy (non-hydrogen) atoms. The minimum Gasteiger partial charge on any atom is -0.374 e. The monoisotopic (exact) mass is 323 g/mol. The predicted molar refractivity (Wildman–Crippen MR) is 87.9 cm³/mol. The van der Waals surface area contributed by atoms with Gasteiger partial charge in [-0.1, -0.05) is 18.2 Å². The van der Waals surface area contributed by atoms with Gasteiger partial charge in [0.05, 0.1) is 10.6 Å². The molecule has 1 atom stereocenters. The first-order valence-corrected chi connectivity index (χ1v) is 7.48. The number of benzene rings is 2. The lowest BCUT2D eigenvalue weighted by Gasteiger charge is -2.29. The number of fused-ring (bicyclic) bond motifs is 2. The molecule has 7 nitrogen and oxygen atoms in total. The Hall–Kier alpha value is -3.06. The summed E-state index contributed by atoms with van der Waals surface area (Å²) in [7, 11) is 0. The van der Waals surface area contributed by atoms with E-state index in [4.69, 9.17) is 0 Å². The van der Waals surface area contributed by atoms with E-state index in [1.807, 2.05) is 30.3 Å². The van der Waals surface area contributed by atoms with Gasteiger partial charge in [-0.05, 0) is 18.2 Å². The Balaban J connectivity index is 1.88. The Morgan fingerprint density at radius 2 is 1.96 bits per heavy atom. The van der Waals surface area contributed by atoms with Gasteiger partial charge in [-0.25, -0.2) is 4.99 Å². The van der Waals surface area contributed by atoms with Crippen molar-refractivity contribution in [1.29, 1.82) is 0 Å². The van der Waals surface area contributed by atoms with Crippen LogP contribution in [0.25, 0.3) is 0 Å². The summed E-state index contributed by atoms with van der Waals surface area (Å²) in [6, 6.07) is 13.2. The summed E-state index contributed by atoms with van der Waals surface area (Å²) in [5, 5.41) is 21.8. The number of carbonyl (C=O) groups excluding carboxylic acids is 1. The van der Waals surface area contributed by atoms with Crippen LogP contribution in [0.15, 0.2) is 53.5 Å². The fraction of sp³-hybridized carbons (Fsp3) is 0.176. The Kier molecular flexibility index (Phi) is 3.01. The van der Waals surface area contributed by atoms with Crippen molar-refractivity contribution in [3.05, 3.63) is 64.2 Å². The lowest BCUT2D eigenvalue weighted by molar-refractivity contribution is -0.384. The van der Waals surface area contributed by atoms with Crippen molar-refractivity contribution in [1.82, 2.24) is 0 Å². The highest BCUT2D eigenvalue weighted by Gasteiger charge is 2.52. The number of para-hydroxylation sites is 1. The van der Waals surface area contributed by atoms with Gasteiger partial charge in [0.2, 0.25) is 5.78 Å². The number of ketones is 1.